The number of carbonyl (C=O) groups excluding carboxylic acids is 3. The fourth-order valence-corrected chi connectivity index (χ4v) is 6.39. The fraction of sp³-hybridized carbons (Fsp3) is 0.296. The molecule has 0 N–H and O–H groups in total. The van der Waals surface area contributed by atoms with Crippen molar-refractivity contribution in [1.82, 2.24) is 0 Å². The molecule has 9 heteroatoms. The molecule has 2 amide bonds. The van der Waals surface area contributed by atoms with E-state index in [4.69, 9.17) is 11.6 Å². The number of anilines is 1. The summed E-state index contributed by atoms with van der Waals surface area (Å²) in [5, 5.41) is -0.521. The van der Waals surface area contributed by atoms with Crippen LogP contribution in [0.4, 0.5) is 23.2 Å². The Kier molecular flexibility index (Phi) is 5.06. The number of amides is 2. The van der Waals surface area contributed by atoms with Crippen molar-refractivity contribution in [2.24, 2.45) is 35.5 Å². The minimum atomic E-state index is -4.71. The average Bonchev–Trinajstić information content (AvgIpc) is 3.61. The van der Waals surface area contributed by atoms with E-state index >= 15 is 4.39 Å². The lowest BCUT2D eigenvalue weighted by atomic mass is 9.63. The molecule has 0 spiro atoms. The summed E-state index contributed by atoms with van der Waals surface area (Å²) in [7, 11) is 0. The molecule has 3 fully saturated rings. The first-order chi connectivity index (χ1) is 17.1. The van der Waals surface area contributed by atoms with Crippen LogP contribution in [0.2, 0.25) is 5.02 Å². The van der Waals surface area contributed by atoms with Gasteiger partial charge in [-0.25, -0.2) is 9.29 Å². The van der Waals surface area contributed by atoms with Crippen LogP contribution >= 0.6 is 11.6 Å². The lowest BCUT2D eigenvalue weighted by Crippen LogP contribution is -2.40. The highest BCUT2D eigenvalue weighted by molar-refractivity contribution is 6.31. The highest BCUT2D eigenvalue weighted by Crippen LogP contribution is 2.65. The topological polar surface area (TPSA) is 54.5 Å². The quantitative estimate of drug-likeness (QED) is 0.166. The Hall–Kier alpha value is -3.26. The van der Waals surface area contributed by atoms with Crippen molar-refractivity contribution in [3.63, 3.8) is 0 Å². The van der Waals surface area contributed by atoms with Gasteiger partial charge < -0.3 is 0 Å². The van der Waals surface area contributed by atoms with Gasteiger partial charge >= 0.3 is 6.18 Å². The minimum Gasteiger partial charge on any atom is -0.289 e. The number of carbonyl (C=O) groups is 3. The second-order valence-corrected chi connectivity index (χ2v) is 10.2. The van der Waals surface area contributed by atoms with E-state index in [0.29, 0.717) is 17.9 Å². The van der Waals surface area contributed by atoms with E-state index in [-0.39, 0.29) is 40.5 Å². The summed E-state index contributed by atoms with van der Waals surface area (Å²) < 4.78 is 54.3. The molecule has 1 heterocycles. The Balaban J connectivity index is 1.22. The standard InChI is InChI=1S/C27H18ClF4NO3/c28-19-6-3-13(10-18(19)27(30,31)32)22(34)8-2-12-1-7-21(20(29)9-12)33-25(35)23-14-4-5-15(17-11-16(14)17)24(23)26(33)36/h1-10,14-17,23-24H,11H2/b8-2+/t14-,15+,16+,17-,23-,24+. The van der Waals surface area contributed by atoms with Gasteiger partial charge in [0.1, 0.15) is 5.82 Å². The molecule has 0 aromatic heterocycles. The number of hydrogen-bond donors (Lipinski definition) is 0. The van der Waals surface area contributed by atoms with Gasteiger partial charge in [-0.15, -0.1) is 0 Å². The highest BCUT2D eigenvalue weighted by Gasteiger charge is 2.67. The van der Waals surface area contributed by atoms with Crippen LogP contribution in [-0.4, -0.2) is 17.6 Å². The third-order valence-electron chi connectivity index (χ3n) is 7.86. The van der Waals surface area contributed by atoms with Crippen molar-refractivity contribution in [3.05, 3.63) is 82.2 Å². The summed E-state index contributed by atoms with van der Waals surface area (Å²) in [4.78, 5) is 39.7. The number of alkyl halides is 3. The van der Waals surface area contributed by atoms with Gasteiger partial charge in [0.05, 0.1) is 28.1 Å². The van der Waals surface area contributed by atoms with Gasteiger partial charge in [-0.1, -0.05) is 35.9 Å². The molecule has 0 radical (unpaired) electrons. The molecule has 7 rings (SSSR count). The number of ketones is 1. The maximum absolute atomic E-state index is 15.1. The van der Waals surface area contributed by atoms with Crippen molar-refractivity contribution in [1.29, 1.82) is 0 Å². The number of halogens is 5. The van der Waals surface area contributed by atoms with E-state index in [9.17, 15) is 27.6 Å². The van der Waals surface area contributed by atoms with Crippen LogP contribution in [0.3, 0.4) is 0 Å². The van der Waals surface area contributed by atoms with Crippen LogP contribution < -0.4 is 4.90 Å². The van der Waals surface area contributed by atoms with Crippen LogP contribution in [0, 0.1) is 41.3 Å². The number of rotatable bonds is 4. The first-order valence-corrected chi connectivity index (χ1v) is 11.9. The van der Waals surface area contributed by atoms with Crippen LogP contribution in [0.1, 0.15) is 27.9 Å². The normalized spacial score (nSPS) is 30.2. The average molecular weight is 516 g/mol. The van der Waals surface area contributed by atoms with E-state index in [0.717, 1.165) is 29.5 Å². The monoisotopic (exact) mass is 515 g/mol. The summed E-state index contributed by atoms with van der Waals surface area (Å²) in [5.74, 6) is -2.28. The lowest BCUT2D eigenvalue weighted by Gasteiger charge is -2.37. The maximum atomic E-state index is 15.1. The van der Waals surface area contributed by atoms with Crippen LogP contribution in [0.5, 0.6) is 0 Å². The smallest absolute Gasteiger partial charge is 0.289 e. The molecule has 36 heavy (non-hydrogen) atoms. The second kappa shape index (κ2) is 7.87. The van der Waals surface area contributed by atoms with Crippen molar-refractivity contribution >= 4 is 41.0 Å². The zero-order valence-electron chi connectivity index (χ0n) is 18.5. The van der Waals surface area contributed by atoms with E-state index in [1.165, 1.54) is 24.3 Å². The molecule has 2 bridgehead atoms. The molecule has 4 aliphatic carbocycles. The molecule has 2 saturated carbocycles. The van der Waals surface area contributed by atoms with Crippen molar-refractivity contribution in [2.75, 3.05) is 4.90 Å². The molecule has 2 aromatic carbocycles. The summed E-state index contributed by atoms with van der Waals surface area (Å²) in [6.45, 7) is 0. The van der Waals surface area contributed by atoms with E-state index < -0.39 is 40.2 Å². The summed E-state index contributed by atoms with van der Waals surface area (Å²) in [6, 6.07) is 6.66. The van der Waals surface area contributed by atoms with Crippen molar-refractivity contribution in [3.8, 4) is 0 Å². The minimum absolute atomic E-state index is 0.0217. The predicted molar refractivity (Wildman–Crippen MR) is 123 cm³/mol. The molecular formula is C27H18ClF4NO3. The van der Waals surface area contributed by atoms with Gasteiger partial charge in [0, 0.05) is 5.56 Å². The SMILES string of the molecule is O=C(/C=C/c1ccc(N2C(=O)[C@@H]3[C@@H]4C=C[C@@H]([C@H]5C[C@@H]45)[C@@H]3C2=O)c(F)c1)c1ccc(Cl)c(C(F)(F)F)c1. The van der Waals surface area contributed by atoms with Crippen molar-refractivity contribution in [2.45, 2.75) is 12.6 Å². The zero-order chi connectivity index (χ0) is 25.5. The number of hydrogen-bond acceptors (Lipinski definition) is 3. The van der Waals surface area contributed by atoms with Crippen LogP contribution in [-0.2, 0) is 15.8 Å². The zero-order valence-corrected chi connectivity index (χ0v) is 19.3. The number of allylic oxidation sites excluding steroid dienone is 3. The number of benzene rings is 2. The van der Waals surface area contributed by atoms with Crippen LogP contribution in [0.15, 0.2) is 54.6 Å². The van der Waals surface area contributed by atoms with Gasteiger partial charge in [-0.3, -0.25) is 14.4 Å². The number of imide groups is 1. The summed E-state index contributed by atoms with van der Waals surface area (Å²) in [5.41, 5.74) is -1.24. The van der Waals surface area contributed by atoms with Gasteiger partial charge in [0.2, 0.25) is 11.8 Å². The third-order valence-corrected chi connectivity index (χ3v) is 8.19. The Labute approximate surface area is 208 Å². The molecule has 0 unspecified atom stereocenters. The maximum Gasteiger partial charge on any atom is 0.417 e. The molecule has 5 aliphatic rings. The van der Waals surface area contributed by atoms with Crippen molar-refractivity contribution < 1.29 is 31.9 Å². The largest absolute Gasteiger partial charge is 0.417 e. The van der Waals surface area contributed by atoms with Gasteiger partial charge in [0.15, 0.2) is 5.78 Å². The first kappa shape index (κ1) is 23.2. The van der Waals surface area contributed by atoms with E-state index in [2.05, 4.69) is 0 Å². The Morgan fingerprint density at radius 1 is 0.972 bits per heavy atom. The second-order valence-electron chi connectivity index (χ2n) is 9.77. The van der Waals surface area contributed by atoms with E-state index in [1.807, 2.05) is 12.2 Å². The Morgan fingerprint density at radius 3 is 2.19 bits per heavy atom. The molecule has 6 atom stereocenters. The molecule has 184 valence electrons. The van der Waals surface area contributed by atoms with E-state index in [1.54, 1.807) is 0 Å². The molecule has 1 saturated heterocycles. The summed E-state index contributed by atoms with van der Waals surface area (Å²) in [6.07, 6.45) is 2.66. The Morgan fingerprint density at radius 2 is 1.61 bits per heavy atom. The molecule has 2 aromatic rings. The Bertz CT molecular complexity index is 1360. The molecule has 4 nitrogen and oxygen atoms in total. The highest BCUT2D eigenvalue weighted by atomic mass is 35.5. The summed E-state index contributed by atoms with van der Waals surface area (Å²) >= 11 is 5.59. The van der Waals surface area contributed by atoms with Crippen LogP contribution in [0.25, 0.3) is 6.08 Å². The lowest BCUT2D eigenvalue weighted by molar-refractivity contribution is -0.137. The van der Waals surface area contributed by atoms with Gasteiger partial charge in [0.25, 0.3) is 0 Å². The fourth-order valence-electron chi connectivity index (χ4n) is 6.17. The van der Waals surface area contributed by atoms with Gasteiger partial charge in [-0.2, -0.15) is 13.2 Å². The van der Waals surface area contributed by atoms with Gasteiger partial charge in [-0.05, 0) is 72.1 Å². The third kappa shape index (κ3) is 3.45. The molecular weight excluding hydrogens is 498 g/mol. The predicted octanol–water partition coefficient (Wildman–Crippen LogP) is 5.95. The molecule has 1 aliphatic heterocycles. The first-order valence-electron chi connectivity index (χ1n) is 11.5. The number of nitrogens with zero attached hydrogens (tertiary/aromatic N) is 1.